The van der Waals surface area contributed by atoms with Crippen LogP contribution in [0.1, 0.15) is 22.3 Å². The molecular formula is C43H28. The third-order valence-corrected chi connectivity index (χ3v) is 9.50. The van der Waals surface area contributed by atoms with Crippen LogP contribution < -0.4 is 0 Å². The van der Waals surface area contributed by atoms with Gasteiger partial charge in [0, 0.05) is 0 Å². The fourth-order valence-electron chi connectivity index (χ4n) is 7.73. The SMILES string of the molecule is c1ccc(-c2cccc(C3(c4cccc(-c5ccccc5)c4)c4cccc5c6ccccc6c6cccc3c6c45)c2)cc1. The molecule has 0 atom stereocenters. The van der Waals surface area contributed by atoms with E-state index in [4.69, 9.17) is 0 Å². The molecule has 0 saturated carbocycles. The molecule has 0 spiro atoms. The zero-order chi connectivity index (χ0) is 28.4. The number of fused-ring (bicyclic) bond motifs is 3. The van der Waals surface area contributed by atoms with E-state index in [1.165, 1.54) is 76.8 Å². The maximum absolute atomic E-state index is 2.42. The minimum absolute atomic E-state index is 0.478. The largest absolute Gasteiger partial charge is 0.0714 e. The van der Waals surface area contributed by atoms with Crippen LogP contribution in [0, 0.1) is 0 Å². The summed E-state index contributed by atoms with van der Waals surface area (Å²) in [6.07, 6.45) is 0. The van der Waals surface area contributed by atoms with E-state index >= 15 is 0 Å². The zero-order valence-electron chi connectivity index (χ0n) is 23.7. The summed E-state index contributed by atoms with van der Waals surface area (Å²) in [7, 11) is 0. The van der Waals surface area contributed by atoms with Crippen LogP contribution in [-0.2, 0) is 5.41 Å². The van der Waals surface area contributed by atoms with Crippen molar-refractivity contribution >= 4 is 32.3 Å². The van der Waals surface area contributed by atoms with Gasteiger partial charge in [0.05, 0.1) is 5.41 Å². The van der Waals surface area contributed by atoms with Crippen molar-refractivity contribution in [2.24, 2.45) is 0 Å². The first-order chi connectivity index (χ1) is 21.3. The molecule has 0 nitrogen and oxygen atoms in total. The van der Waals surface area contributed by atoms with Crippen LogP contribution in [0.4, 0.5) is 0 Å². The molecule has 1 aliphatic rings. The molecule has 0 N–H and O–H groups in total. The summed E-state index contributed by atoms with van der Waals surface area (Å²) in [4.78, 5) is 0. The normalized spacial score (nSPS) is 13.3. The van der Waals surface area contributed by atoms with Crippen molar-refractivity contribution in [3.8, 4) is 22.3 Å². The Hall–Kier alpha value is -5.46. The molecule has 9 rings (SSSR count). The van der Waals surface area contributed by atoms with Gasteiger partial charge in [-0.05, 0) is 89.0 Å². The van der Waals surface area contributed by atoms with E-state index in [2.05, 4.69) is 170 Å². The van der Waals surface area contributed by atoms with Gasteiger partial charge in [-0.1, -0.05) is 158 Å². The molecule has 0 heteroatoms. The Morgan fingerprint density at radius 2 is 0.651 bits per heavy atom. The number of benzene rings is 8. The Morgan fingerprint density at radius 3 is 1.12 bits per heavy atom. The summed E-state index contributed by atoms with van der Waals surface area (Å²) in [5, 5.41) is 8.04. The van der Waals surface area contributed by atoms with E-state index in [0.29, 0.717) is 0 Å². The lowest BCUT2D eigenvalue weighted by atomic mass is 9.66. The van der Waals surface area contributed by atoms with Crippen LogP contribution in [0.5, 0.6) is 0 Å². The summed E-state index contributed by atoms with van der Waals surface area (Å²) in [6, 6.07) is 62.8. The molecule has 0 bridgehead atoms. The van der Waals surface area contributed by atoms with E-state index < -0.39 is 5.41 Å². The second-order valence-electron chi connectivity index (χ2n) is 11.6. The van der Waals surface area contributed by atoms with Crippen LogP contribution in [0.2, 0.25) is 0 Å². The van der Waals surface area contributed by atoms with Gasteiger partial charge in [0.1, 0.15) is 0 Å². The van der Waals surface area contributed by atoms with Crippen LogP contribution in [-0.4, -0.2) is 0 Å². The summed E-state index contributed by atoms with van der Waals surface area (Å²) in [6.45, 7) is 0. The predicted octanol–water partition coefficient (Wildman–Crippen LogP) is 11.2. The first-order valence-corrected chi connectivity index (χ1v) is 15.0. The molecule has 1 aliphatic carbocycles. The van der Waals surface area contributed by atoms with Crippen molar-refractivity contribution in [3.05, 3.63) is 192 Å². The van der Waals surface area contributed by atoms with Gasteiger partial charge < -0.3 is 0 Å². The van der Waals surface area contributed by atoms with Crippen LogP contribution in [0.25, 0.3) is 54.6 Å². The second kappa shape index (κ2) is 9.28. The highest BCUT2D eigenvalue weighted by Crippen LogP contribution is 2.57. The van der Waals surface area contributed by atoms with Crippen molar-refractivity contribution in [2.45, 2.75) is 5.41 Å². The Kier molecular flexibility index (Phi) is 5.21. The molecule has 43 heavy (non-hydrogen) atoms. The minimum Gasteiger partial charge on any atom is -0.0622 e. The Morgan fingerprint density at radius 1 is 0.279 bits per heavy atom. The van der Waals surface area contributed by atoms with E-state index in [1.54, 1.807) is 0 Å². The highest BCUT2D eigenvalue weighted by molar-refractivity contribution is 6.29. The first kappa shape index (κ1) is 24.2. The third-order valence-electron chi connectivity index (χ3n) is 9.50. The summed E-state index contributed by atoms with van der Waals surface area (Å²) < 4.78 is 0. The number of hydrogen-bond acceptors (Lipinski definition) is 0. The average molecular weight is 545 g/mol. The minimum atomic E-state index is -0.478. The molecule has 0 aliphatic heterocycles. The molecule has 8 aromatic rings. The van der Waals surface area contributed by atoms with E-state index in [1.807, 2.05) is 0 Å². The van der Waals surface area contributed by atoms with Crippen molar-refractivity contribution in [3.63, 3.8) is 0 Å². The lowest BCUT2D eigenvalue weighted by Gasteiger charge is -2.35. The molecule has 8 aromatic carbocycles. The fraction of sp³-hybridized carbons (Fsp3) is 0.0233. The summed E-state index contributed by atoms with van der Waals surface area (Å²) >= 11 is 0. The monoisotopic (exact) mass is 544 g/mol. The number of hydrogen-bond donors (Lipinski definition) is 0. The van der Waals surface area contributed by atoms with Gasteiger partial charge in [-0.2, -0.15) is 0 Å². The molecule has 0 heterocycles. The van der Waals surface area contributed by atoms with E-state index in [-0.39, 0.29) is 0 Å². The maximum Gasteiger partial charge on any atom is 0.0714 e. The Labute approximate surface area is 251 Å². The summed E-state index contributed by atoms with van der Waals surface area (Å²) in [5.74, 6) is 0. The van der Waals surface area contributed by atoms with Crippen molar-refractivity contribution in [2.75, 3.05) is 0 Å². The van der Waals surface area contributed by atoms with Crippen LogP contribution >= 0.6 is 0 Å². The maximum atomic E-state index is 2.42. The van der Waals surface area contributed by atoms with Gasteiger partial charge in [0.25, 0.3) is 0 Å². The molecule has 0 saturated heterocycles. The summed E-state index contributed by atoms with van der Waals surface area (Å²) in [5.41, 5.74) is 9.75. The predicted molar refractivity (Wildman–Crippen MR) is 182 cm³/mol. The molecule has 200 valence electrons. The van der Waals surface area contributed by atoms with Gasteiger partial charge in [-0.15, -0.1) is 0 Å². The van der Waals surface area contributed by atoms with Crippen molar-refractivity contribution in [1.29, 1.82) is 0 Å². The van der Waals surface area contributed by atoms with Crippen LogP contribution in [0.15, 0.2) is 170 Å². The average Bonchev–Trinajstić information content (AvgIpc) is 3.41. The second-order valence-corrected chi connectivity index (χ2v) is 11.6. The van der Waals surface area contributed by atoms with E-state index in [9.17, 15) is 0 Å². The highest BCUT2D eigenvalue weighted by atomic mass is 14.5. The third kappa shape index (κ3) is 3.38. The zero-order valence-corrected chi connectivity index (χ0v) is 23.7. The van der Waals surface area contributed by atoms with Gasteiger partial charge >= 0.3 is 0 Å². The topological polar surface area (TPSA) is 0 Å². The lowest BCUT2D eigenvalue weighted by molar-refractivity contribution is 0.772. The molecule has 0 unspecified atom stereocenters. The van der Waals surface area contributed by atoms with Crippen molar-refractivity contribution in [1.82, 2.24) is 0 Å². The Balaban J connectivity index is 1.45. The number of rotatable bonds is 4. The molecular weight excluding hydrogens is 516 g/mol. The van der Waals surface area contributed by atoms with Gasteiger partial charge in [0.15, 0.2) is 0 Å². The lowest BCUT2D eigenvalue weighted by Crippen LogP contribution is -2.29. The van der Waals surface area contributed by atoms with Crippen molar-refractivity contribution < 1.29 is 0 Å². The quantitative estimate of drug-likeness (QED) is 0.193. The molecule has 0 aromatic heterocycles. The van der Waals surface area contributed by atoms with Crippen LogP contribution in [0.3, 0.4) is 0 Å². The standard InChI is InChI=1S/C43H28/c1-3-13-29(14-4-1)31-17-9-19-33(27-31)43(34-20-10-18-32(28-34)30-15-5-2-6-16-30)39-25-11-23-37-35-21-7-8-22-36(35)38-24-12-26-40(43)42(38)41(37)39/h1-28H. The molecule has 0 amide bonds. The van der Waals surface area contributed by atoms with Gasteiger partial charge in [-0.25, -0.2) is 0 Å². The van der Waals surface area contributed by atoms with Gasteiger partial charge in [-0.3, -0.25) is 0 Å². The molecule has 0 radical (unpaired) electrons. The Bertz CT molecular complexity index is 2160. The van der Waals surface area contributed by atoms with E-state index in [0.717, 1.165) is 0 Å². The van der Waals surface area contributed by atoms with Gasteiger partial charge in [0.2, 0.25) is 0 Å². The highest BCUT2D eigenvalue weighted by Gasteiger charge is 2.45. The fourth-order valence-corrected chi connectivity index (χ4v) is 7.73. The molecule has 0 fully saturated rings. The first-order valence-electron chi connectivity index (χ1n) is 15.0. The smallest absolute Gasteiger partial charge is 0.0622 e.